The van der Waals surface area contributed by atoms with E-state index in [0.29, 0.717) is 0 Å². The second-order valence-corrected chi connectivity index (χ2v) is 9.60. The topological polar surface area (TPSA) is 37.3 Å². The second kappa shape index (κ2) is 12.8. The maximum Gasteiger partial charge on any atom is 0.150 e. The first-order valence-electron chi connectivity index (χ1n) is 11.8. The van der Waals surface area contributed by atoms with Gasteiger partial charge in [-0.05, 0) is 87.6 Å². The van der Waals surface area contributed by atoms with Crippen molar-refractivity contribution in [2.75, 3.05) is 25.9 Å². The molecular formula is C27H37N3OS. The molecule has 1 saturated heterocycles. The molecule has 0 saturated carbocycles. The summed E-state index contributed by atoms with van der Waals surface area (Å²) in [5.74, 6) is 1.14. The van der Waals surface area contributed by atoms with E-state index in [1.165, 1.54) is 59.4 Å². The molecule has 3 aromatic rings. The van der Waals surface area contributed by atoms with Crippen molar-refractivity contribution in [3.8, 4) is 0 Å². The van der Waals surface area contributed by atoms with E-state index in [9.17, 15) is 4.79 Å². The first-order valence-corrected chi connectivity index (χ1v) is 12.8. The van der Waals surface area contributed by atoms with Crippen LogP contribution in [0.25, 0.3) is 10.9 Å². The zero-order valence-corrected chi connectivity index (χ0v) is 20.6. The number of hydrogen-bond donors (Lipinski definition) is 1. The number of piperidine rings is 1. The molecule has 0 spiro atoms. The highest BCUT2D eigenvalue weighted by Gasteiger charge is 2.14. The van der Waals surface area contributed by atoms with Crippen LogP contribution >= 0.6 is 11.8 Å². The standard InChI is InChI=1S/C17H22N2O.C10H15NS/c1-2-19-16(12-18-8-4-3-5-9-18)11-15-10-14(13-20)6-7-17(15)19;1-3-12-10-6-4-9(5-7-10)8-11-2/h6-7,10-11,13H,2-5,8-9,12H2,1H3;4-7,11H,3,8H2,1-2H3. The Hall–Kier alpha value is -2.08. The van der Waals surface area contributed by atoms with Crippen molar-refractivity contribution in [1.82, 2.24) is 14.8 Å². The van der Waals surface area contributed by atoms with E-state index in [2.05, 4.69) is 65.0 Å². The van der Waals surface area contributed by atoms with Gasteiger partial charge in [-0.25, -0.2) is 0 Å². The number of fused-ring (bicyclic) bond motifs is 1. The molecule has 4 nitrogen and oxygen atoms in total. The zero-order valence-electron chi connectivity index (χ0n) is 19.8. The van der Waals surface area contributed by atoms with E-state index >= 15 is 0 Å². The minimum atomic E-state index is 0.760. The van der Waals surface area contributed by atoms with Gasteiger partial charge in [0, 0.05) is 46.7 Å². The molecule has 32 heavy (non-hydrogen) atoms. The lowest BCUT2D eigenvalue weighted by Crippen LogP contribution is -2.29. The van der Waals surface area contributed by atoms with E-state index in [-0.39, 0.29) is 0 Å². The van der Waals surface area contributed by atoms with Gasteiger partial charge in [0.1, 0.15) is 6.29 Å². The fourth-order valence-electron chi connectivity index (χ4n) is 4.35. The van der Waals surface area contributed by atoms with Crippen LogP contribution in [-0.2, 0) is 19.6 Å². The molecule has 0 amide bonds. The van der Waals surface area contributed by atoms with Gasteiger partial charge in [-0.15, -0.1) is 11.8 Å². The van der Waals surface area contributed by atoms with Crippen LogP contribution in [0.2, 0.25) is 0 Å². The maximum absolute atomic E-state index is 10.9. The number of thioether (sulfide) groups is 1. The van der Waals surface area contributed by atoms with Gasteiger partial charge in [-0.3, -0.25) is 9.69 Å². The van der Waals surface area contributed by atoms with Crippen molar-refractivity contribution < 1.29 is 4.79 Å². The molecule has 172 valence electrons. The number of aromatic nitrogens is 1. The lowest BCUT2D eigenvalue weighted by molar-refractivity contribution is 0.112. The minimum absolute atomic E-state index is 0.760. The zero-order chi connectivity index (χ0) is 22.8. The molecule has 1 fully saturated rings. The van der Waals surface area contributed by atoms with Gasteiger partial charge >= 0.3 is 0 Å². The number of aryl methyl sites for hydroxylation is 1. The van der Waals surface area contributed by atoms with Crippen LogP contribution in [0, 0.1) is 0 Å². The van der Waals surface area contributed by atoms with Gasteiger partial charge < -0.3 is 9.88 Å². The Balaban J connectivity index is 0.000000207. The summed E-state index contributed by atoms with van der Waals surface area (Å²) in [5, 5.41) is 4.31. The highest BCUT2D eigenvalue weighted by molar-refractivity contribution is 7.99. The Bertz CT molecular complexity index is 949. The summed E-state index contributed by atoms with van der Waals surface area (Å²) in [6.45, 7) is 9.75. The minimum Gasteiger partial charge on any atom is -0.344 e. The van der Waals surface area contributed by atoms with Gasteiger partial charge in [0.25, 0.3) is 0 Å². The highest BCUT2D eigenvalue weighted by atomic mass is 32.2. The number of likely N-dealkylation sites (tertiary alicyclic amines) is 1. The summed E-state index contributed by atoms with van der Waals surface area (Å²) in [5.41, 5.74) is 4.71. The summed E-state index contributed by atoms with van der Waals surface area (Å²) >= 11 is 1.88. The third-order valence-corrected chi connectivity index (χ3v) is 6.81. The molecule has 4 rings (SSSR count). The molecule has 1 aromatic heterocycles. The molecule has 2 heterocycles. The van der Waals surface area contributed by atoms with Gasteiger partial charge in [-0.2, -0.15) is 0 Å². The number of nitrogens with zero attached hydrogens (tertiary/aromatic N) is 2. The molecule has 1 N–H and O–H groups in total. The van der Waals surface area contributed by atoms with Crippen LogP contribution in [0.1, 0.15) is 54.7 Å². The fraction of sp³-hybridized carbons (Fsp3) is 0.444. The van der Waals surface area contributed by atoms with Gasteiger partial charge in [0.2, 0.25) is 0 Å². The molecule has 1 aliphatic rings. The SMILES string of the molecule is CCSc1ccc(CNC)cc1.CCn1c(CN2CCCCC2)cc2cc(C=O)ccc21. The molecule has 0 unspecified atom stereocenters. The van der Waals surface area contributed by atoms with Crippen molar-refractivity contribution in [2.45, 2.75) is 57.6 Å². The average molecular weight is 452 g/mol. The number of carbonyl (C=O) groups excluding carboxylic acids is 1. The van der Waals surface area contributed by atoms with Crippen molar-refractivity contribution in [3.05, 3.63) is 65.4 Å². The number of rotatable bonds is 8. The third kappa shape index (κ3) is 6.71. The van der Waals surface area contributed by atoms with E-state index in [1.807, 2.05) is 30.9 Å². The average Bonchev–Trinajstić information content (AvgIpc) is 3.17. The Labute approximate surface area is 197 Å². The lowest BCUT2D eigenvalue weighted by atomic mass is 10.1. The summed E-state index contributed by atoms with van der Waals surface area (Å²) in [6, 6.07) is 16.9. The summed E-state index contributed by atoms with van der Waals surface area (Å²) in [6.07, 6.45) is 4.94. The molecule has 0 bridgehead atoms. The van der Waals surface area contributed by atoms with Gasteiger partial charge in [0.05, 0.1) is 0 Å². The first-order chi connectivity index (χ1) is 15.7. The number of carbonyl (C=O) groups is 1. The van der Waals surface area contributed by atoms with Crippen LogP contribution in [-0.4, -0.2) is 41.6 Å². The molecule has 0 radical (unpaired) electrons. The third-order valence-electron chi connectivity index (χ3n) is 5.91. The Morgan fingerprint density at radius 2 is 1.75 bits per heavy atom. The fourth-order valence-corrected chi connectivity index (χ4v) is 5.01. The number of benzene rings is 2. The van der Waals surface area contributed by atoms with Gasteiger partial charge in [0.15, 0.2) is 0 Å². The molecule has 1 aliphatic heterocycles. The second-order valence-electron chi connectivity index (χ2n) is 8.26. The number of aldehydes is 1. The van der Waals surface area contributed by atoms with Crippen LogP contribution in [0.5, 0.6) is 0 Å². The molecule has 0 atom stereocenters. The lowest BCUT2D eigenvalue weighted by Gasteiger charge is -2.26. The summed E-state index contributed by atoms with van der Waals surface area (Å²) in [4.78, 5) is 14.8. The van der Waals surface area contributed by atoms with Crippen LogP contribution in [0.3, 0.4) is 0 Å². The maximum atomic E-state index is 10.9. The van der Waals surface area contributed by atoms with Gasteiger partial charge in [-0.1, -0.05) is 25.5 Å². The van der Waals surface area contributed by atoms with Crippen molar-refractivity contribution in [2.24, 2.45) is 0 Å². The molecule has 0 aliphatic carbocycles. The predicted molar refractivity (Wildman–Crippen MR) is 138 cm³/mol. The van der Waals surface area contributed by atoms with Crippen molar-refractivity contribution in [1.29, 1.82) is 0 Å². The smallest absolute Gasteiger partial charge is 0.150 e. The summed E-state index contributed by atoms with van der Waals surface area (Å²) in [7, 11) is 1.97. The highest BCUT2D eigenvalue weighted by Crippen LogP contribution is 2.23. The first kappa shape index (κ1) is 24.6. The predicted octanol–water partition coefficient (Wildman–Crippen LogP) is 5.98. The van der Waals surface area contributed by atoms with E-state index in [1.54, 1.807) is 0 Å². The van der Waals surface area contributed by atoms with Crippen molar-refractivity contribution in [3.63, 3.8) is 0 Å². The molecule has 5 heteroatoms. The van der Waals surface area contributed by atoms with Crippen molar-refractivity contribution >= 4 is 29.0 Å². The molecule has 2 aromatic carbocycles. The monoisotopic (exact) mass is 451 g/mol. The van der Waals surface area contributed by atoms with Crippen LogP contribution in [0.15, 0.2) is 53.4 Å². The molecular weight excluding hydrogens is 414 g/mol. The van der Waals surface area contributed by atoms with E-state index in [0.717, 1.165) is 37.2 Å². The normalized spacial score (nSPS) is 14.2. The van der Waals surface area contributed by atoms with Crippen LogP contribution in [0.4, 0.5) is 0 Å². The Morgan fingerprint density at radius 1 is 1.00 bits per heavy atom. The summed E-state index contributed by atoms with van der Waals surface area (Å²) < 4.78 is 2.37. The Kier molecular flexibility index (Phi) is 9.85. The number of nitrogens with one attached hydrogen (secondary N) is 1. The quantitative estimate of drug-likeness (QED) is 0.338. The van der Waals surface area contributed by atoms with Crippen LogP contribution < -0.4 is 5.32 Å². The Morgan fingerprint density at radius 3 is 2.38 bits per heavy atom. The largest absolute Gasteiger partial charge is 0.344 e. The van der Waals surface area contributed by atoms with E-state index in [4.69, 9.17) is 0 Å². The van der Waals surface area contributed by atoms with E-state index < -0.39 is 0 Å². The number of hydrogen-bond acceptors (Lipinski definition) is 4.